The van der Waals surface area contributed by atoms with Gasteiger partial charge in [-0.15, -0.1) is 24.0 Å². The predicted molar refractivity (Wildman–Crippen MR) is 110 cm³/mol. The molecule has 0 amide bonds. The second kappa shape index (κ2) is 13.7. The number of aliphatic imine (C=N–C) groups is 1. The van der Waals surface area contributed by atoms with Crippen molar-refractivity contribution < 1.29 is 4.74 Å². The fourth-order valence-corrected chi connectivity index (χ4v) is 3.42. The van der Waals surface area contributed by atoms with E-state index in [0.717, 1.165) is 38.7 Å². The van der Waals surface area contributed by atoms with Crippen molar-refractivity contribution in [2.45, 2.75) is 45.4 Å². The first kappa shape index (κ1) is 22.3. The standard InChI is InChI=1S/C16H33N3OS.HI/c1-4-20-12-10-16(8-5-6-9-16)14-19-15(17-2)18-11-7-13-21-3;/h4-14H2,1-3H3,(H2,17,18,19);1H. The molecule has 1 aliphatic carbocycles. The second-order valence-corrected chi connectivity index (χ2v) is 6.84. The molecule has 0 atom stereocenters. The molecule has 2 N–H and O–H groups in total. The third-order valence-corrected chi connectivity index (χ3v) is 5.01. The Balaban J connectivity index is 0.00000441. The fraction of sp³-hybridized carbons (Fsp3) is 0.938. The van der Waals surface area contributed by atoms with Crippen LogP contribution in [0.1, 0.15) is 45.4 Å². The van der Waals surface area contributed by atoms with Crippen molar-refractivity contribution >= 4 is 41.7 Å². The molecule has 0 aromatic carbocycles. The Morgan fingerprint density at radius 2 is 2.00 bits per heavy atom. The molecule has 1 aliphatic rings. The summed E-state index contributed by atoms with van der Waals surface area (Å²) in [6, 6.07) is 0. The van der Waals surface area contributed by atoms with Crippen molar-refractivity contribution in [1.29, 1.82) is 0 Å². The highest BCUT2D eigenvalue weighted by Crippen LogP contribution is 2.40. The third kappa shape index (κ3) is 8.82. The maximum Gasteiger partial charge on any atom is 0.190 e. The number of thioether (sulfide) groups is 1. The van der Waals surface area contributed by atoms with Gasteiger partial charge in [0.15, 0.2) is 5.96 Å². The molecular weight excluding hydrogens is 409 g/mol. The van der Waals surface area contributed by atoms with E-state index in [-0.39, 0.29) is 24.0 Å². The number of rotatable bonds is 10. The van der Waals surface area contributed by atoms with Crippen LogP contribution in [0.2, 0.25) is 0 Å². The zero-order chi connectivity index (χ0) is 15.4. The van der Waals surface area contributed by atoms with Crippen LogP contribution >= 0.6 is 35.7 Å². The SMILES string of the molecule is CCOCCC1(CNC(=NC)NCCCSC)CCCC1.I. The highest BCUT2D eigenvalue weighted by Gasteiger charge is 2.33. The topological polar surface area (TPSA) is 45.6 Å². The van der Waals surface area contributed by atoms with Gasteiger partial charge in [-0.25, -0.2) is 0 Å². The summed E-state index contributed by atoms with van der Waals surface area (Å²) in [5.41, 5.74) is 0.409. The zero-order valence-corrected chi connectivity index (χ0v) is 17.6. The molecule has 1 rings (SSSR count). The lowest BCUT2D eigenvalue weighted by molar-refractivity contribution is 0.105. The number of nitrogens with zero attached hydrogens (tertiary/aromatic N) is 1. The second-order valence-electron chi connectivity index (χ2n) is 5.85. The summed E-state index contributed by atoms with van der Waals surface area (Å²) >= 11 is 1.89. The molecule has 6 heteroatoms. The van der Waals surface area contributed by atoms with E-state index in [0.29, 0.717) is 5.41 Å². The van der Waals surface area contributed by atoms with Crippen LogP contribution in [0.4, 0.5) is 0 Å². The summed E-state index contributed by atoms with van der Waals surface area (Å²) in [7, 11) is 1.85. The van der Waals surface area contributed by atoms with Gasteiger partial charge in [-0.3, -0.25) is 4.99 Å². The van der Waals surface area contributed by atoms with E-state index >= 15 is 0 Å². The Labute approximate surface area is 158 Å². The minimum atomic E-state index is 0. The summed E-state index contributed by atoms with van der Waals surface area (Å²) in [5, 5.41) is 6.94. The lowest BCUT2D eigenvalue weighted by Crippen LogP contribution is -2.43. The van der Waals surface area contributed by atoms with E-state index in [9.17, 15) is 0 Å². The molecule has 1 fully saturated rings. The smallest absolute Gasteiger partial charge is 0.190 e. The van der Waals surface area contributed by atoms with E-state index in [2.05, 4.69) is 28.8 Å². The van der Waals surface area contributed by atoms with E-state index in [1.165, 1.54) is 37.9 Å². The van der Waals surface area contributed by atoms with Crippen molar-refractivity contribution in [2.24, 2.45) is 10.4 Å². The average molecular weight is 443 g/mol. The third-order valence-electron chi connectivity index (χ3n) is 4.32. The Hall–Kier alpha value is 0.310. The molecule has 4 nitrogen and oxygen atoms in total. The van der Waals surface area contributed by atoms with Gasteiger partial charge in [-0.1, -0.05) is 12.8 Å². The largest absolute Gasteiger partial charge is 0.382 e. The van der Waals surface area contributed by atoms with Crippen LogP contribution in [-0.4, -0.2) is 51.3 Å². The summed E-state index contributed by atoms with van der Waals surface area (Å²) in [4.78, 5) is 4.33. The van der Waals surface area contributed by atoms with Gasteiger partial charge in [0.2, 0.25) is 0 Å². The monoisotopic (exact) mass is 443 g/mol. The summed E-state index contributed by atoms with van der Waals surface area (Å²) in [6.45, 7) is 5.79. The van der Waals surface area contributed by atoms with Crippen molar-refractivity contribution in [1.82, 2.24) is 10.6 Å². The average Bonchev–Trinajstić information content (AvgIpc) is 2.96. The molecule has 0 aromatic heterocycles. The molecule has 0 radical (unpaired) electrons. The number of ether oxygens (including phenoxy) is 1. The minimum absolute atomic E-state index is 0. The Morgan fingerprint density at radius 3 is 2.59 bits per heavy atom. The molecule has 0 saturated heterocycles. The molecule has 0 aromatic rings. The minimum Gasteiger partial charge on any atom is -0.382 e. The summed E-state index contributed by atoms with van der Waals surface area (Å²) in [6.07, 6.45) is 9.83. The lowest BCUT2D eigenvalue weighted by Gasteiger charge is -2.30. The summed E-state index contributed by atoms with van der Waals surface area (Å²) in [5.74, 6) is 2.14. The molecule has 0 spiro atoms. The highest BCUT2D eigenvalue weighted by molar-refractivity contribution is 14.0. The first-order valence-corrected chi connectivity index (χ1v) is 9.67. The van der Waals surface area contributed by atoms with Gasteiger partial charge >= 0.3 is 0 Å². The molecular formula is C16H34IN3OS. The number of hydrogen-bond donors (Lipinski definition) is 2. The van der Waals surface area contributed by atoms with E-state index in [1.807, 2.05) is 18.8 Å². The van der Waals surface area contributed by atoms with Crippen LogP contribution in [0, 0.1) is 5.41 Å². The summed E-state index contributed by atoms with van der Waals surface area (Å²) < 4.78 is 5.57. The van der Waals surface area contributed by atoms with Crippen LogP contribution in [0.5, 0.6) is 0 Å². The number of nitrogens with one attached hydrogen (secondary N) is 2. The number of guanidine groups is 1. The van der Waals surface area contributed by atoms with E-state index in [1.54, 1.807) is 0 Å². The van der Waals surface area contributed by atoms with Crippen LogP contribution in [0.25, 0.3) is 0 Å². The maximum atomic E-state index is 5.57. The van der Waals surface area contributed by atoms with Crippen molar-refractivity contribution in [3.05, 3.63) is 0 Å². The van der Waals surface area contributed by atoms with E-state index < -0.39 is 0 Å². The molecule has 132 valence electrons. The molecule has 0 unspecified atom stereocenters. The molecule has 0 heterocycles. The van der Waals surface area contributed by atoms with Crippen molar-refractivity contribution in [3.63, 3.8) is 0 Å². The normalized spacial score (nSPS) is 17.1. The Bertz CT molecular complexity index is 297. The Morgan fingerprint density at radius 1 is 1.27 bits per heavy atom. The quantitative estimate of drug-likeness (QED) is 0.235. The van der Waals surface area contributed by atoms with Crippen LogP contribution in [0.15, 0.2) is 4.99 Å². The first-order valence-electron chi connectivity index (χ1n) is 8.27. The predicted octanol–water partition coefficient (Wildman–Crippen LogP) is 3.51. The molecule has 0 aliphatic heterocycles. The van der Waals surface area contributed by atoms with Gasteiger partial charge < -0.3 is 15.4 Å². The van der Waals surface area contributed by atoms with Gasteiger partial charge in [0, 0.05) is 33.4 Å². The highest BCUT2D eigenvalue weighted by atomic mass is 127. The Kier molecular flexibility index (Phi) is 13.9. The molecule has 1 saturated carbocycles. The maximum absolute atomic E-state index is 5.57. The van der Waals surface area contributed by atoms with Gasteiger partial charge in [-0.05, 0) is 50.0 Å². The first-order chi connectivity index (χ1) is 10.3. The van der Waals surface area contributed by atoms with Crippen LogP contribution < -0.4 is 10.6 Å². The van der Waals surface area contributed by atoms with Crippen molar-refractivity contribution in [3.8, 4) is 0 Å². The van der Waals surface area contributed by atoms with E-state index in [4.69, 9.17) is 4.74 Å². The van der Waals surface area contributed by atoms with Gasteiger partial charge in [0.05, 0.1) is 0 Å². The van der Waals surface area contributed by atoms with Gasteiger partial charge in [-0.2, -0.15) is 11.8 Å². The zero-order valence-electron chi connectivity index (χ0n) is 14.5. The fourth-order valence-electron chi connectivity index (χ4n) is 2.99. The lowest BCUT2D eigenvalue weighted by atomic mass is 9.83. The van der Waals surface area contributed by atoms with Crippen molar-refractivity contribution in [2.75, 3.05) is 45.4 Å². The number of halogens is 1. The molecule has 22 heavy (non-hydrogen) atoms. The van der Waals surface area contributed by atoms with Gasteiger partial charge in [0.25, 0.3) is 0 Å². The van der Waals surface area contributed by atoms with Crippen LogP contribution in [0.3, 0.4) is 0 Å². The van der Waals surface area contributed by atoms with Crippen LogP contribution in [-0.2, 0) is 4.74 Å². The van der Waals surface area contributed by atoms with Gasteiger partial charge in [0.1, 0.15) is 0 Å². The number of hydrogen-bond acceptors (Lipinski definition) is 3. The molecule has 0 bridgehead atoms.